The lowest BCUT2D eigenvalue weighted by atomic mass is 10.2. The molecule has 5 heteroatoms. The lowest BCUT2D eigenvalue weighted by Gasteiger charge is -2.18. The summed E-state index contributed by atoms with van der Waals surface area (Å²) in [7, 11) is 1.49. The number of pyridine rings is 2. The van der Waals surface area contributed by atoms with Crippen molar-refractivity contribution in [1.29, 1.82) is 0 Å². The first-order chi connectivity index (χ1) is 11.1. The topological polar surface area (TPSA) is 58.1 Å². The maximum Gasteiger partial charge on any atom is 0.259 e. The Labute approximate surface area is 113 Å². The summed E-state index contributed by atoms with van der Waals surface area (Å²) in [5.74, 6) is -0.672. The molecule has 2 aromatic rings. The summed E-state index contributed by atoms with van der Waals surface area (Å²) in [6, 6.07) is 1.99. The molecule has 1 aliphatic heterocycles. The first-order valence-electron chi connectivity index (χ1n) is 8.15. The molecule has 0 bridgehead atoms. The lowest BCUT2D eigenvalue weighted by molar-refractivity contribution is 0.102. The van der Waals surface area contributed by atoms with E-state index >= 15 is 0 Å². The maximum absolute atomic E-state index is 12.5. The molecule has 18 heavy (non-hydrogen) atoms. The van der Waals surface area contributed by atoms with E-state index in [1.54, 1.807) is 0 Å². The molecule has 0 aromatic carbocycles. The molecule has 0 spiro atoms. The Hall–Kier alpha value is -2.43. The van der Waals surface area contributed by atoms with Gasteiger partial charge < -0.3 is 10.2 Å². The van der Waals surface area contributed by atoms with Crippen LogP contribution in [0.4, 0.5) is 17.3 Å². The average Bonchev–Trinajstić information content (AvgIpc) is 2.54. The fraction of sp³-hybridized carbons (Fsp3) is 0.154. The van der Waals surface area contributed by atoms with Gasteiger partial charge in [-0.2, -0.15) is 0 Å². The summed E-state index contributed by atoms with van der Waals surface area (Å²) in [5.41, 5.74) is -0.361. The van der Waals surface area contributed by atoms with Crippen molar-refractivity contribution in [2.45, 2.75) is 6.85 Å². The minimum absolute atomic E-state index is 0.0124. The van der Waals surface area contributed by atoms with E-state index in [1.807, 2.05) is 0 Å². The smallest absolute Gasteiger partial charge is 0.259 e. The first kappa shape index (κ1) is 5.95. The van der Waals surface area contributed by atoms with Crippen LogP contribution in [-0.2, 0) is 0 Å². The Morgan fingerprint density at radius 2 is 2.22 bits per heavy atom. The number of fused-ring (bicyclic) bond motifs is 2. The number of anilines is 3. The Morgan fingerprint density at radius 1 is 1.39 bits per heavy atom. The van der Waals surface area contributed by atoms with Crippen molar-refractivity contribution >= 4 is 23.2 Å². The van der Waals surface area contributed by atoms with Gasteiger partial charge in [-0.15, -0.1) is 0 Å². The summed E-state index contributed by atoms with van der Waals surface area (Å²) < 4.78 is 46.2. The van der Waals surface area contributed by atoms with Gasteiger partial charge >= 0.3 is 0 Å². The number of carbonyl (C=O) groups is 1. The minimum Gasteiger partial charge on any atom is -0.318 e. The molecule has 2 aromatic heterocycles. The van der Waals surface area contributed by atoms with Gasteiger partial charge in [0.2, 0.25) is 0 Å². The SMILES string of the molecule is [2H]c1cc(C([2H])([2H])[2H])c2c(n1)N(C)c1nc([2H])cc([2H])c1C(=O)N2. The number of nitrogens with zero attached hydrogens (tertiary/aromatic N) is 3. The molecule has 5 nitrogen and oxygen atoms in total. The first-order valence-corrected chi connectivity index (χ1v) is 5.15. The van der Waals surface area contributed by atoms with Gasteiger partial charge in [-0.1, -0.05) is 0 Å². The normalized spacial score (nSPS) is 18.9. The van der Waals surface area contributed by atoms with Crippen LogP contribution < -0.4 is 10.2 Å². The molecular formula is C13H12N4O. The van der Waals surface area contributed by atoms with Crippen molar-refractivity contribution in [2.75, 3.05) is 17.3 Å². The molecule has 1 aliphatic rings. The number of rotatable bonds is 0. The zero-order chi connectivity index (χ0) is 17.8. The van der Waals surface area contributed by atoms with Gasteiger partial charge in [0, 0.05) is 23.5 Å². The van der Waals surface area contributed by atoms with Crippen LogP contribution in [0.25, 0.3) is 0 Å². The summed E-state index contributed by atoms with van der Waals surface area (Å²) >= 11 is 0. The van der Waals surface area contributed by atoms with E-state index in [0.29, 0.717) is 0 Å². The van der Waals surface area contributed by atoms with Gasteiger partial charge in [-0.3, -0.25) is 4.79 Å². The van der Waals surface area contributed by atoms with E-state index in [9.17, 15) is 4.79 Å². The van der Waals surface area contributed by atoms with Crippen LogP contribution >= 0.6 is 0 Å². The van der Waals surface area contributed by atoms with E-state index in [0.717, 1.165) is 12.1 Å². The third kappa shape index (κ3) is 1.44. The molecule has 3 rings (SSSR count). The van der Waals surface area contributed by atoms with Crippen LogP contribution in [0.3, 0.4) is 0 Å². The average molecular weight is 246 g/mol. The van der Waals surface area contributed by atoms with Gasteiger partial charge in [0.1, 0.15) is 5.82 Å². The Bertz CT molecular complexity index is 867. The Morgan fingerprint density at radius 3 is 3.06 bits per heavy atom. The summed E-state index contributed by atoms with van der Waals surface area (Å²) in [4.78, 5) is 21.7. The Kier molecular flexibility index (Phi) is 1.26. The molecule has 0 unspecified atom stereocenters. The van der Waals surface area contributed by atoms with Crippen LogP contribution in [-0.4, -0.2) is 22.9 Å². The monoisotopic (exact) mass is 246 g/mol. The van der Waals surface area contributed by atoms with Crippen molar-refractivity contribution in [2.24, 2.45) is 0 Å². The second-order valence-electron chi connectivity index (χ2n) is 3.74. The third-order valence-corrected chi connectivity index (χ3v) is 2.65. The van der Waals surface area contributed by atoms with Crippen LogP contribution in [0.15, 0.2) is 30.5 Å². The second kappa shape index (κ2) is 3.80. The highest BCUT2D eigenvalue weighted by atomic mass is 16.1. The zero-order valence-corrected chi connectivity index (χ0v) is 9.40. The van der Waals surface area contributed by atoms with Crippen LogP contribution in [0, 0.1) is 6.85 Å². The van der Waals surface area contributed by atoms with Crippen molar-refractivity contribution < 1.29 is 13.0 Å². The Balaban J connectivity index is 2.34. The summed E-state index contributed by atoms with van der Waals surface area (Å²) in [6.07, 6.45) is -0.488. The number of hydrogen-bond acceptors (Lipinski definition) is 4. The van der Waals surface area contributed by atoms with Gasteiger partial charge in [0.15, 0.2) is 5.82 Å². The molecule has 0 atom stereocenters. The standard InChI is InChI=1S/C13H12N4O/c1-8-5-7-15-12-10(8)16-13(18)9-4-3-6-14-11(9)17(12)2/h3-7H,1-2H3,(H,16,18)/i1D3,4D,6D,7D. The summed E-state index contributed by atoms with van der Waals surface area (Å²) in [5, 5.41) is 2.46. The maximum atomic E-state index is 12.5. The number of aryl methyl sites for hydroxylation is 1. The number of aromatic nitrogens is 2. The van der Waals surface area contributed by atoms with Crippen molar-refractivity contribution in [3.63, 3.8) is 0 Å². The van der Waals surface area contributed by atoms with E-state index in [-0.39, 0.29) is 46.8 Å². The van der Waals surface area contributed by atoms with Crippen molar-refractivity contribution in [1.82, 2.24) is 9.97 Å². The van der Waals surface area contributed by atoms with Crippen molar-refractivity contribution in [3.05, 3.63) is 41.6 Å². The van der Waals surface area contributed by atoms with Gasteiger partial charge in [0.25, 0.3) is 5.91 Å². The molecule has 1 N–H and O–H groups in total. The number of nitrogens with one attached hydrogen (secondary N) is 1. The van der Waals surface area contributed by atoms with Gasteiger partial charge in [-0.25, -0.2) is 9.97 Å². The van der Waals surface area contributed by atoms with E-state index in [4.69, 9.17) is 8.22 Å². The third-order valence-electron chi connectivity index (χ3n) is 2.65. The molecule has 0 aliphatic carbocycles. The highest BCUT2D eigenvalue weighted by Gasteiger charge is 2.25. The predicted molar refractivity (Wildman–Crippen MR) is 69.2 cm³/mol. The van der Waals surface area contributed by atoms with E-state index in [2.05, 4.69) is 15.3 Å². The number of carbonyl (C=O) groups excluding carboxylic acids is 1. The van der Waals surface area contributed by atoms with E-state index in [1.165, 1.54) is 11.9 Å². The van der Waals surface area contributed by atoms with Crippen LogP contribution in [0.1, 0.15) is 24.1 Å². The molecule has 0 saturated carbocycles. The molecule has 90 valence electrons. The number of hydrogen-bond donors (Lipinski definition) is 1. The zero-order valence-electron chi connectivity index (χ0n) is 15.4. The van der Waals surface area contributed by atoms with Crippen LogP contribution in [0.2, 0.25) is 0 Å². The highest BCUT2D eigenvalue weighted by Crippen LogP contribution is 2.35. The lowest BCUT2D eigenvalue weighted by Crippen LogP contribution is -2.14. The van der Waals surface area contributed by atoms with Gasteiger partial charge in [0.05, 0.1) is 15.4 Å². The largest absolute Gasteiger partial charge is 0.318 e. The second-order valence-corrected chi connectivity index (χ2v) is 3.74. The highest BCUT2D eigenvalue weighted by molar-refractivity contribution is 6.11. The van der Waals surface area contributed by atoms with Gasteiger partial charge in [-0.05, 0) is 30.6 Å². The van der Waals surface area contributed by atoms with E-state index < -0.39 is 12.8 Å². The molecule has 3 heterocycles. The molecule has 1 amide bonds. The van der Waals surface area contributed by atoms with Crippen LogP contribution in [0.5, 0.6) is 0 Å². The molecule has 0 fully saturated rings. The molecular weight excluding hydrogens is 228 g/mol. The van der Waals surface area contributed by atoms with Crippen molar-refractivity contribution in [3.8, 4) is 0 Å². The summed E-state index contributed by atoms with van der Waals surface area (Å²) in [6.45, 7) is -2.56. The fourth-order valence-corrected chi connectivity index (χ4v) is 1.78. The fourth-order valence-electron chi connectivity index (χ4n) is 1.78. The molecule has 0 saturated heterocycles. The predicted octanol–water partition coefficient (Wildman–Crippen LogP) is 2.12. The number of amides is 1. The quantitative estimate of drug-likeness (QED) is 0.773. The molecule has 0 radical (unpaired) electrons. The minimum atomic E-state index is -2.56.